The minimum atomic E-state index is -0.0103. The Morgan fingerprint density at radius 2 is 1.76 bits per heavy atom. The highest BCUT2D eigenvalue weighted by Gasteiger charge is 2.30. The molecule has 0 atom stereocenters. The molecular formula is C19H23N3O3. The number of aromatic nitrogens is 1. The number of carbonyl (C=O) groups is 2. The van der Waals surface area contributed by atoms with E-state index in [0.29, 0.717) is 43.2 Å². The summed E-state index contributed by atoms with van der Waals surface area (Å²) in [7, 11) is 0. The van der Waals surface area contributed by atoms with Gasteiger partial charge in [0.1, 0.15) is 5.52 Å². The number of rotatable bonds is 2. The summed E-state index contributed by atoms with van der Waals surface area (Å²) >= 11 is 0. The van der Waals surface area contributed by atoms with Gasteiger partial charge in [-0.3, -0.25) is 9.59 Å². The van der Waals surface area contributed by atoms with Gasteiger partial charge in [-0.05, 0) is 31.0 Å². The van der Waals surface area contributed by atoms with E-state index in [0.717, 1.165) is 18.4 Å². The van der Waals surface area contributed by atoms with Crippen molar-refractivity contribution in [2.24, 2.45) is 5.92 Å². The molecule has 25 heavy (non-hydrogen) atoms. The Morgan fingerprint density at radius 3 is 2.48 bits per heavy atom. The molecule has 2 fully saturated rings. The molecule has 2 aromatic rings. The maximum absolute atomic E-state index is 12.7. The van der Waals surface area contributed by atoms with Crippen LogP contribution in [0.1, 0.15) is 41.9 Å². The normalized spacial score (nSPS) is 18.9. The van der Waals surface area contributed by atoms with E-state index in [-0.39, 0.29) is 17.7 Å². The fraction of sp³-hybridized carbons (Fsp3) is 0.526. The van der Waals surface area contributed by atoms with Crippen LogP contribution in [0, 0.1) is 12.8 Å². The Kier molecular flexibility index (Phi) is 4.19. The highest BCUT2D eigenvalue weighted by Crippen LogP contribution is 2.27. The lowest BCUT2D eigenvalue weighted by molar-refractivity contribution is -0.136. The molecule has 0 radical (unpaired) electrons. The molecule has 2 aliphatic rings. The fourth-order valence-corrected chi connectivity index (χ4v) is 3.92. The average Bonchev–Trinajstić information content (AvgIpc) is 3.28. The molecule has 2 amide bonds. The molecule has 1 aliphatic carbocycles. The number of benzene rings is 1. The van der Waals surface area contributed by atoms with E-state index in [9.17, 15) is 9.59 Å². The summed E-state index contributed by atoms with van der Waals surface area (Å²) in [5, 5.41) is 0. The molecule has 1 saturated heterocycles. The lowest BCUT2D eigenvalue weighted by Gasteiger charge is -2.36. The molecule has 0 unspecified atom stereocenters. The molecule has 1 saturated carbocycles. The quantitative estimate of drug-likeness (QED) is 0.842. The monoisotopic (exact) mass is 341 g/mol. The van der Waals surface area contributed by atoms with E-state index in [1.807, 2.05) is 15.9 Å². The molecule has 1 aromatic heterocycles. The van der Waals surface area contributed by atoms with Crippen LogP contribution in [0.3, 0.4) is 0 Å². The first kappa shape index (κ1) is 16.1. The first-order chi connectivity index (χ1) is 12.1. The zero-order valence-corrected chi connectivity index (χ0v) is 14.5. The summed E-state index contributed by atoms with van der Waals surface area (Å²) in [6.07, 6.45) is 4.38. The van der Waals surface area contributed by atoms with Crippen LogP contribution in [0.15, 0.2) is 22.6 Å². The zero-order chi connectivity index (χ0) is 17.4. The van der Waals surface area contributed by atoms with Gasteiger partial charge in [0.05, 0.1) is 0 Å². The summed E-state index contributed by atoms with van der Waals surface area (Å²) in [5.74, 6) is 1.07. The minimum absolute atomic E-state index is 0.0103. The van der Waals surface area contributed by atoms with Crippen molar-refractivity contribution < 1.29 is 14.0 Å². The lowest BCUT2D eigenvalue weighted by Crippen LogP contribution is -2.51. The second-order valence-electron chi connectivity index (χ2n) is 7.01. The highest BCUT2D eigenvalue weighted by atomic mass is 16.3. The van der Waals surface area contributed by atoms with Crippen molar-refractivity contribution in [3.63, 3.8) is 0 Å². The van der Waals surface area contributed by atoms with Gasteiger partial charge in [0, 0.05) is 44.6 Å². The smallest absolute Gasteiger partial charge is 0.254 e. The van der Waals surface area contributed by atoms with Crippen LogP contribution in [0.25, 0.3) is 11.1 Å². The molecule has 0 N–H and O–H groups in total. The first-order valence-corrected chi connectivity index (χ1v) is 9.07. The van der Waals surface area contributed by atoms with E-state index in [1.165, 1.54) is 12.8 Å². The molecule has 6 heteroatoms. The van der Waals surface area contributed by atoms with Gasteiger partial charge in [0.25, 0.3) is 5.91 Å². The summed E-state index contributed by atoms with van der Waals surface area (Å²) in [6.45, 7) is 4.23. The van der Waals surface area contributed by atoms with Crippen LogP contribution in [0.4, 0.5) is 0 Å². The Balaban J connectivity index is 1.40. The van der Waals surface area contributed by atoms with Crippen molar-refractivity contribution >= 4 is 22.9 Å². The van der Waals surface area contributed by atoms with Crippen LogP contribution in [0.2, 0.25) is 0 Å². The van der Waals surface area contributed by atoms with Crippen LogP contribution in [-0.2, 0) is 4.79 Å². The predicted octanol–water partition coefficient (Wildman–Crippen LogP) is 2.61. The number of carbonyl (C=O) groups excluding carboxylic acids is 2. The summed E-state index contributed by atoms with van der Waals surface area (Å²) in [5.41, 5.74) is 2.01. The van der Waals surface area contributed by atoms with Crippen LogP contribution in [-0.4, -0.2) is 52.8 Å². The number of nitrogens with zero attached hydrogens (tertiary/aromatic N) is 3. The van der Waals surface area contributed by atoms with Gasteiger partial charge in [0.15, 0.2) is 11.5 Å². The Labute approximate surface area is 146 Å². The van der Waals surface area contributed by atoms with Gasteiger partial charge < -0.3 is 14.2 Å². The molecule has 0 bridgehead atoms. The zero-order valence-electron chi connectivity index (χ0n) is 14.5. The maximum atomic E-state index is 12.7. The van der Waals surface area contributed by atoms with E-state index in [1.54, 1.807) is 19.1 Å². The van der Waals surface area contributed by atoms with E-state index in [2.05, 4.69) is 4.98 Å². The minimum Gasteiger partial charge on any atom is -0.441 e. The van der Waals surface area contributed by atoms with Crippen molar-refractivity contribution in [3.05, 3.63) is 29.7 Å². The maximum Gasteiger partial charge on any atom is 0.254 e. The Hall–Kier alpha value is -2.37. The van der Waals surface area contributed by atoms with Crippen LogP contribution in [0.5, 0.6) is 0 Å². The summed E-state index contributed by atoms with van der Waals surface area (Å²) in [6, 6.07) is 5.37. The van der Waals surface area contributed by atoms with Gasteiger partial charge in [-0.1, -0.05) is 12.8 Å². The third kappa shape index (κ3) is 3.13. The Bertz CT molecular complexity index is 799. The van der Waals surface area contributed by atoms with Gasteiger partial charge >= 0.3 is 0 Å². The van der Waals surface area contributed by atoms with Crippen molar-refractivity contribution in [1.29, 1.82) is 0 Å². The lowest BCUT2D eigenvalue weighted by atomic mass is 10.1. The number of piperazine rings is 1. The van der Waals surface area contributed by atoms with Gasteiger partial charge in [-0.2, -0.15) is 0 Å². The van der Waals surface area contributed by atoms with E-state index >= 15 is 0 Å². The molecule has 0 spiro atoms. The predicted molar refractivity (Wildman–Crippen MR) is 93.2 cm³/mol. The molecule has 4 rings (SSSR count). The molecule has 132 valence electrons. The standard InChI is InChI=1S/C19H23N3O3/c1-13-20-16-7-6-15(12-17(16)25-13)19(24)22-10-8-21(9-11-22)18(23)14-4-2-3-5-14/h6-7,12,14H,2-5,8-11H2,1H3. The van der Waals surface area contributed by atoms with Gasteiger partial charge in [-0.15, -0.1) is 0 Å². The molecule has 6 nitrogen and oxygen atoms in total. The Morgan fingerprint density at radius 1 is 1.08 bits per heavy atom. The summed E-state index contributed by atoms with van der Waals surface area (Å²) in [4.78, 5) is 33.3. The second-order valence-corrected chi connectivity index (χ2v) is 7.01. The SMILES string of the molecule is Cc1nc2ccc(C(=O)N3CCN(C(=O)C4CCCC4)CC3)cc2o1. The van der Waals surface area contributed by atoms with E-state index in [4.69, 9.17) is 4.42 Å². The number of oxazole rings is 1. The van der Waals surface area contributed by atoms with Gasteiger partial charge in [-0.25, -0.2) is 4.98 Å². The first-order valence-electron chi connectivity index (χ1n) is 9.07. The number of hydrogen-bond donors (Lipinski definition) is 0. The largest absolute Gasteiger partial charge is 0.441 e. The van der Waals surface area contributed by atoms with Crippen LogP contribution >= 0.6 is 0 Å². The molecular weight excluding hydrogens is 318 g/mol. The van der Waals surface area contributed by atoms with Crippen molar-refractivity contribution in [2.75, 3.05) is 26.2 Å². The van der Waals surface area contributed by atoms with Crippen molar-refractivity contribution in [3.8, 4) is 0 Å². The highest BCUT2D eigenvalue weighted by molar-refractivity contribution is 5.97. The number of aryl methyl sites for hydroxylation is 1. The van der Waals surface area contributed by atoms with Crippen molar-refractivity contribution in [2.45, 2.75) is 32.6 Å². The third-order valence-electron chi connectivity index (χ3n) is 5.33. The average molecular weight is 341 g/mol. The van der Waals surface area contributed by atoms with Crippen LogP contribution < -0.4 is 0 Å². The topological polar surface area (TPSA) is 66.7 Å². The molecule has 2 heterocycles. The summed E-state index contributed by atoms with van der Waals surface area (Å²) < 4.78 is 5.52. The number of fused-ring (bicyclic) bond motifs is 1. The van der Waals surface area contributed by atoms with Crippen molar-refractivity contribution in [1.82, 2.24) is 14.8 Å². The number of hydrogen-bond acceptors (Lipinski definition) is 4. The fourth-order valence-electron chi connectivity index (χ4n) is 3.92. The number of amides is 2. The molecule has 1 aliphatic heterocycles. The van der Waals surface area contributed by atoms with E-state index < -0.39 is 0 Å². The molecule has 1 aromatic carbocycles. The second kappa shape index (κ2) is 6.50. The van der Waals surface area contributed by atoms with Gasteiger partial charge in [0.2, 0.25) is 5.91 Å². The third-order valence-corrected chi connectivity index (χ3v) is 5.33.